The highest BCUT2D eigenvalue weighted by atomic mass is 16.7. The zero-order valence-electron chi connectivity index (χ0n) is 15.0. The molecule has 0 unspecified atom stereocenters. The van der Waals surface area contributed by atoms with E-state index >= 15 is 0 Å². The van der Waals surface area contributed by atoms with Crippen molar-refractivity contribution < 1.29 is 19.1 Å². The van der Waals surface area contributed by atoms with Gasteiger partial charge in [0.1, 0.15) is 0 Å². The SMILES string of the molecule is CN(C)C(=O)O[C@H]1C=CC(=O)[C@](C)(c2ccc(-c3ccccc3)cc2)O1. The van der Waals surface area contributed by atoms with Gasteiger partial charge in [-0.2, -0.15) is 0 Å². The van der Waals surface area contributed by atoms with E-state index in [1.165, 1.54) is 17.1 Å². The fourth-order valence-electron chi connectivity index (χ4n) is 2.74. The maximum Gasteiger partial charge on any atom is 0.411 e. The Kier molecular flexibility index (Phi) is 4.91. The van der Waals surface area contributed by atoms with Gasteiger partial charge in [-0.3, -0.25) is 4.79 Å². The molecule has 1 heterocycles. The summed E-state index contributed by atoms with van der Waals surface area (Å²) >= 11 is 0. The fraction of sp³-hybridized carbons (Fsp3) is 0.238. The van der Waals surface area contributed by atoms with Crippen LogP contribution in [0.5, 0.6) is 0 Å². The second-order valence-corrected chi connectivity index (χ2v) is 6.46. The monoisotopic (exact) mass is 351 g/mol. The number of carbonyl (C=O) groups excluding carboxylic acids is 2. The number of ether oxygens (including phenoxy) is 2. The number of hydrogen-bond donors (Lipinski definition) is 0. The van der Waals surface area contributed by atoms with E-state index in [0.29, 0.717) is 5.56 Å². The molecule has 0 aromatic heterocycles. The molecule has 0 saturated carbocycles. The van der Waals surface area contributed by atoms with Crippen LogP contribution in [0.3, 0.4) is 0 Å². The number of hydrogen-bond acceptors (Lipinski definition) is 4. The van der Waals surface area contributed by atoms with Gasteiger partial charge < -0.3 is 14.4 Å². The molecular weight excluding hydrogens is 330 g/mol. The first-order valence-electron chi connectivity index (χ1n) is 8.34. The minimum atomic E-state index is -1.21. The van der Waals surface area contributed by atoms with E-state index in [1.54, 1.807) is 21.0 Å². The van der Waals surface area contributed by atoms with Gasteiger partial charge in [-0.15, -0.1) is 0 Å². The highest BCUT2D eigenvalue weighted by Gasteiger charge is 2.40. The maximum absolute atomic E-state index is 12.5. The van der Waals surface area contributed by atoms with Gasteiger partial charge in [-0.05, 0) is 35.8 Å². The standard InChI is InChI=1S/C21H21NO4/c1-21(18(23)13-14-19(26-21)25-20(24)22(2)3)17-11-9-16(10-12-17)15-7-5-4-6-8-15/h4-14,19H,1-3H3/t19-,21+/m1/s1. The summed E-state index contributed by atoms with van der Waals surface area (Å²) in [4.78, 5) is 25.5. The van der Waals surface area contributed by atoms with Gasteiger partial charge in [-0.25, -0.2) is 4.79 Å². The summed E-state index contributed by atoms with van der Waals surface area (Å²) in [6.07, 6.45) is 1.41. The minimum Gasteiger partial charge on any atom is -0.416 e. The quantitative estimate of drug-likeness (QED) is 0.845. The first-order chi connectivity index (χ1) is 12.4. The Morgan fingerprint density at radius 3 is 2.27 bits per heavy atom. The molecule has 0 spiro atoms. The third-order valence-corrected chi connectivity index (χ3v) is 4.35. The molecule has 1 aliphatic heterocycles. The molecule has 5 nitrogen and oxygen atoms in total. The highest BCUT2D eigenvalue weighted by molar-refractivity contribution is 5.98. The van der Waals surface area contributed by atoms with Crippen molar-refractivity contribution in [1.82, 2.24) is 4.90 Å². The lowest BCUT2D eigenvalue weighted by Crippen LogP contribution is -2.43. The van der Waals surface area contributed by atoms with Gasteiger partial charge in [0.05, 0.1) is 0 Å². The van der Waals surface area contributed by atoms with Gasteiger partial charge in [0.15, 0.2) is 11.4 Å². The average molecular weight is 351 g/mol. The van der Waals surface area contributed by atoms with Crippen molar-refractivity contribution in [2.24, 2.45) is 0 Å². The lowest BCUT2D eigenvalue weighted by Gasteiger charge is -2.34. The number of amides is 1. The van der Waals surface area contributed by atoms with Crippen molar-refractivity contribution in [1.29, 1.82) is 0 Å². The molecule has 5 heteroatoms. The summed E-state index contributed by atoms with van der Waals surface area (Å²) in [5.41, 5.74) is 1.64. The smallest absolute Gasteiger partial charge is 0.411 e. The van der Waals surface area contributed by atoms with E-state index in [4.69, 9.17) is 9.47 Å². The van der Waals surface area contributed by atoms with Crippen LogP contribution in [-0.4, -0.2) is 37.2 Å². The van der Waals surface area contributed by atoms with Crippen LogP contribution in [0.15, 0.2) is 66.7 Å². The van der Waals surface area contributed by atoms with Crippen molar-refractivity contribution in [2.45, 2.75) is 18.8 Å². The number of ketones is 1. The predicted octanol–water partition coefficient (Wildman–Crippen LogP) is 3.75. The van der Waals surface area contributed by atoms with E-state index in [-0.39, 0.29) is 5.78 Å². The number of rotatable bonds is 3. The molecule has 1 amide bonds. The second kappa shape index (κ2) is 7.14. The molecule has 0 saturated heterocycles. The van der Waals surface area contributed by atoms with E-state index < -0.39 is 18.0 Å². The van der Waals surface area contributed by atoms with Gasteiger partial charge in [0, 0.05) is 14.1 Å². The summed E-state index contributed by atoms with van der Waals surface area (Å²) in [6, 6.07) is 17.6. The van der Waals surface area contributed by atoms with Gasteiger partial charge >= 0.3 is 6.09 Å². The molecular formula is C21H21NO4. The zero-order chi connectivity index (χ0) is 18.7. The summed E-state index contributed by atoms with van der Waals surface area (Å²) in [5, 5.41) is 0. The Bertz CT molecular complexity index is 827. The summed E-state index contributed by atoms with van der Waals surface area (Å²) in [5.74, 6) is -0.192. The molecule has 1 aliphatic rings. The predicted molar refractivity (Wildman–Crippen MR) is 98.4 cm³/mol. The summed E-state index contributed by atoms with van der Waals surface area (Å²) in [7, 11) is 3.17. The Labute approximate surface area is 152 Å². The van der Waals surface area contributed by atoms with Crippen LogP contribution >= 0.6 is 0 Å². The zero-order valence-corrected chi connectivity index (χ0v) is 15.0. The molecule has 134 valence electrons. The molecule has 0 radical (unpaired) electrons. The first-order valence-corrected chi connectivity index (χ1v) is 8.34. The molecule has 0 fully saturated rings. The molecule has 2 aromatic rings. The molecule has 0 N–H and O–H groups in total. The topological polar surface area (TPSA) is 55.8 Å². The van der Waals surface area contributed by atoms with Crippen LogP contribution in [0, 0.1) is 0 Å². The van der Waals surface area contributed by atoms with Crippen LogP contribution in [0.1, 0.15) is 12.5 Å². The van der Waals surface area contributed by atoms with Crippen molar-refractivity contribution in [3.05, 3.63) is 72.3 Å². The van der Waals surface area contributed by atoms with Crippen LogP contribution in [0.4, 0.5) is 4.79 Å². The van der Waals surface area contributed by atoms with Crippen molar-refractivity contribution in [2.75, 3.05) is 14.1 Å². The van der Waals surface area contributed by atoms with Gasteiger partial charge in [-0.1, -0.05) is 54.6 Å². The molecule has 0 bridgehead atoms. The van der Waals surface area contributed by atoms with Crippen molar-refractivity contribution in [3.8, 4) is 11.1 Å². The third kappa shape index (κ3) is 3.53. The molecule has 2 atom stereocenters. The Balaban J connectivity index is 1.83. The average Bonchev–Trinajstić information content (AvgIpc) is 2.65. The molecule has 0 aliphatic carbocycles. The molecule has 3 rings (SSSR count). The lowest BCUT2D eigenvalue weighted by atomic mass is 9.88. The Hall–Kier alpha value is -2.92. The van der Waals surface area contributed by atoms with Crippen LogP contribution in [0.2, 0.25) is 0 Å². The molecule has 2 aromatic carbocycles. The summed E-state index contributed by atoms with van der Waals surface area (Å²) < 4.78 is 11.1. The number of benzene rings is 2. The Morgan fingerprint density at radius 2 is 1.65 bits per heavy atom. The van der Waals surface area contributed by atoms with E-state index in [2.05, 4.69) is 0 Å². The Morgan fingerprint density at radius 1 is 1.04 bits per heavy atom. The van der Waals surface area contributed by atoms with Crippen molar-refractivity contribution in [3.63, 3.8) is 0 Å². The van der Waals surface area contributed by atoms with Crippen LogP contribution in [-0.2, 0) is 19.9 Å². The number of nitrogens with zero attached hydrogens (tertiary/aromatic N) is 1. The van der Waals surface area contributed by atoms with Crippen LogP contribution in [0.25, 0.3) is 11.1 Å². The fourth-order valence-corrected chi connectivity index (χ4v) is 2.74. The van der Waals surface area contributed by atoms with Crippen molar-refractivity contribution >= 4 is 11.9 Å². The second-order valence-electron chi connectivity index (χ2n) is 6.46. The summed E-state index contributed by atoms with van der Waals surface area (Å²) in [6.45, 7) is 1.69. The van der Waals surface area contributed by atoms with E-state index in [1.807, 2.05) is 54.6 Å². The third-order valence-electron chi connectivity index (χ3n) is 4.35. The normalized spacial score (nSPS) is 22.1. The highest BCUT2D eigenvalue weighted by Crippen LogP contribution is 2.33. The maximum atomic E-state index is 12.5. The first kappa shape index (κ1) is 17.9. The van der Waals surface area contributed by atoms with Gasteiger partial charge in [0.2, 0.25) is 6.29 Å². The number of carbonyl (C=O) groups is 2. The largest absolute Gasteiger partial charge is 0.416 e. The van der Waals surface area contributed by atoms with E-state index in [9.17, 15) is 9.59 Å². The minimum absolute atomic E-state index is 0.192. The molecule has 26 heavy (non-hydrogen) atoms. The lowest BCUT2D eigenvalue weighted by molar-refractivity contribution is -0.179. The van der Waals surface area contributed by atoms with Gasteiger partial charge in [0.25, 0.3) is 0 Å². The van der Waals surface area contributed by atoms with Crippen LogP contribution < -0.4 is 0 Å². The van der Waals surface area contributed by atoms with E-state index in [0.717, 1.165) is 11.1 Å².